The fraction of sp³-hybridized carbons (Fsp3) is 0.167. The number of rotatable bonds is 3. The molecule has 0 bridgehead atoms. The second-order valence-corrected chi connectivity index (χ2v) is 5.59. The van der Waals surface area contributed by atoms with E-state index in [2.05, 4.69) is 36.4 Å². The van der Waals surface area contributed by atoms with Crippen molar-refractivity contribution in [3.8, 4) is 23.2 Å². The molecule has 3 heteroatoms. The van der Waals surface area contributed by atoms with Gasteiger partial charge >= 0.3 is 0 Å². The highest BCUT2D eigenvalue weighted by atomic mass is 31.0. The van der Waals surface area contributed by atoms with Gasteiger partial charge in [-0.1, -0.05) is 60.9 Å². The molecule has 1 unspecified atom stereocenters. The van der Waals surface area contributed by atoms with Crippen molar-refractivity contribution in [3.63, 3.8) is 0 Å². The molecule has 104 valence electrons. The molecule has 2 rings (SSSR count). The van der Waals surface area contributed by atoms with Gasteiger partial charge in [-0.05, 0) is 28.1 Å². The Bertz CT molecular complexity index is 711. The highest BCUT2D eigenvalue weighted by molar-refractivity contribution is 7.29. The molecule has 2 nitrogen and oxygen atoms in total. The van der Waals surface area contributed by atoms with Crippen LogP contribution in [0.2, 0.25) is 0 Å². The van der Waals surface area contributed by atoms with Crippen molar-refractivity contribution in [1.29, 1.82) is 0 Å². The summed E-state index contributed by atoms with van der Waals surface area (Å²) in [5.41, 5.74) is 1.58. The first-order valence-corrected chi connectivity index (χ1v) is 7.68. The van der Waals surface area contributed by atoms with Crippen LogP contribution < -0.4 is 0 Å². The molecule has 1 aromatic heterocycles. The summed E-state index contributed by atoms with van der Waals surface area (Å²) in [5, 5.41) is 0. The van der Waals surface area contributed by atoms with Crippen LogP contribution in [0.25, 0.3) is 11.4 Å². The minimum Gasteiger partial charge on any atom is -0.232 e. The molecule has 0 aliphatic rings. The summed E-state index contributed by atoms with van der Waals surface area (Å²) in [4.78, 5) is 9.13. The zero-order valence-corrected chi connectivity index (χ0v) is 13.1. The van der Waals surface area contributed by atoms with Crippen LogP contribution in [-0.2, 0) is 5.41 Å². The molecule has 21 heavy (non-hydrogen) atoms. The van der Waals surface area contributed by atoms with Gasteiger partial charge in [0, 0.05) is 5.56 Å². The topological polar surface area (TPSA) is 25.8 Å². The maximum Gasteiger partial charge on any atom is 0.160 e. The molecule has 0 saturated heterocycles. The normalized spacial score (nSPS) is 13.6. The second-order valence-electron chi connectivity index (χ2n) is 4.67. The van der Waals surface area contributed by atoms with Crippen molar-refractivity contribution in [3.05, 3.63) is 66.5 Å². The number of nitrogens with zero attached hydrogens (tertiary/aromatic N) is 2. The van der Waals surface area contributed by atoms with Gasteiger partial charge in [0.15, 0.2) is 5.82 Å². The predicted octanol–water partition coefficient (Wildman–Crippen LogP) is 4.75. The SMILES string of the molecule is C=CC#CC(C)(/C=C\C)c1nc(-c2ccccc2)ncp1. The second kappa shape index (κ2) is 6.97. The number of allylic oxidation sites excluding steroid dienone is 3. The number of hydrogen-bond donors (Lipinski definition) is 0. The molecule has 0 saturated carbocycles. The summed E-state index contributed by atoms with van der Waals surface area (Å²) < 4.78 is 0. The summed E-state index contributed by atoms with van der Waals surface area (Å²) in [5.74, 6) is 8.78. The third-order valence-corrected chi connectivity index (χ3v) is 4.04. The maximum absolute atomic E-state index is 4.73. The Morgan fingerprint density at radius 2 is 2.05 bits per heavy atom. The summed E-state index contributed by atoms with van der Waals surface area (Å²) >= 11 is 0. The summed E-state index contributed by atoms with van der Waals surface area (Å²) in [7, 11) is 0.977. The third-order valence-electron chi connectivity index (χ3n) is 3.00. The maximum atomic E-state index is 4.73. The molecular formula is C18H17N2P. The lowest BCUT2D eigenvalue weighted by Gasteiger charge is -2.18. The molecule has 0 aliphatic carbocycles. The standard InChI is InChI=1S/C18H17N2P/c1-4-6-13-18(3,12-5-2)17-20-16(19-14-21-17)15-10-8-7-9-11-15/h4-5,7-12,14H,1H2,2-3H3/b12-5-. The van der Waals surface area contributed by atoms with Crippen LogP contribution in [0.4, 0.5) is 0 Å². The first-order valence-electron chi connectivity index (χ1n) is 6.72. The average molecular weight is 292 g/mol. The van der Waals surface area contributed by atoms with E-state index < -0.39 is 5.41 Å². The minimum absolute atomic E-state index is 0.406. The Morgan fingerprint density at radius 1 is 1.29 bits per heavy atom. The van der Waals surface area contributed by atoms with E-state index in [1.54, 1.807) is 6.08 Å². The quantitative estimate of drug-likeness (QED) is 0.603. The molecule has 0 spiro atoms. The highest BCUT2D eigenvalue weighted by Gasteiger charge is 2.23. The largest absolute Gasteiger partial charge is 0.232 e. The van der Waals surface area contributed by atoms with E-state index >= 15 is 0 Å². The molecule has 0 amide bonds. The Labute approximate surface area is 127 Å². The van der Waals surface area contributed by atoms with Gasteiger partial charge in [0.05, 0.1) is 16.8 Å². The van der Waals surface area contributed by atoms with Crippen molar-refractivity contribution in [2.45, 2.75) is 19.3 Å². The van der Waals surface area contributed by atoms with Crippen molar-refractivity contribution in [2.24, 2.45) is 0 Å². The third kappa shape index (κ3) is 3.66. The molecule has 1 aromatic carbocycles. The molecule has 0 radical (unpaired) electrons. The van der Waals surface area contributed by atoms with E-state index in [1.807, 2.05) is 49.3 Å². The van der Waals surface area contributed by atoms with Crippen LogP contribution in [0.1, 0.15) is 19.3 Å². The summed E-state index contributed by atoms with van der Waals surface area (Å²) in [6, 6.07) is 9.99. The Kier molecular flexibility index (Phi) is 5.04. The predicted molar refractivity (Wildman–Crippen MR) is 90.1 cm³/mol. The van der Waals surface area contributed by atoms with Crippen LogP contribution in [0.3, 0.4) is 0 Å². The molecule has 1 heterocycles. The molecule has 0 N–H and O–H groups in total. The zero-order valence-electron chi connectivity index (χ0n) is 12.2. The number of benzene rings is 1. The average Bonchev–Trinajstić information content (AvgIpc) is 2.54. The summed E-state index contributed by atoms with van der Waals surface area (Å²) in [6.07, 6.45) is 5.68. The van der Waals surface area contributed by atoms with Crippen molar-refractivity contribution >= 4 is 8.19 Å². The number of aromatic nitrogens is 2. The van der Waals surface area contributed by atoms with Crippen LogP contribution in [0.15, 0.2) is 61.1 Å². The molecule has 1 atom stereocenters. The summed E-state index contributed by atoms with van der Waals surface area (Å²) in [6.45, 7) is 7.72. The van der Waals surface area contributed by atoms with Gasteiger partial charge in [-0.15, -0.1) is 0 Å². The van der Waals surface area contributed by atoms with E-state index in [9.17, 15) is 0 Å². The van der Waals surface area contributed by atoms with Crippen LogP contribution >= 0.6 is 8.19 Å². The van der Waals surface area contributed by atoms with Gasteiger partial charge in [0.25, 0.3) is 0 Å². The molecule has 0 fully saturated rings. The van der Waals surface area contributed by atoms with Crippen molar-refractivity contribution in [1.82, 2.24) is 9.97 Å². The van der Waals surface area contributed by atoms with E-state index in [4.69, 9.17) is 4.98 Å². The molecule has 2 aromatic rings. The van der Waals surface area contributed by atoms with Gasteiger partial charge in [-0.3, -0.25) is 0 Å². The first-order chi connectivity index (χ1) is 10.2. The fourth-order valence-electron chi connectivity index (χ4n) is 1.98. The Morgan fingerprint density at radius 3 is 2.71 bits per heavy atom. The molecular weight excluding hydrogens is 275 g/mol. The smallest absolute Gasteiger partial charge is 0.160 e. The van der Waals surface area contributed by atoms with Gasteiger partial charge < -0.3 is 0 Å². The van der Waals surface area contributed by atoms with Gasteiger partial charge in [-0.25, -0.2) is 9.97 Å². The van der Waals surface area contributed by atoms with Gasteiger partial charge in [-0.2, -0.15) is 0 Å². The van der Waals surface area contributed by atoms with Crippen molar-refractivity contribution in [2.75, 3.05) is 0 Å². The van der Waals surface area contributed by atoms with E-state index in [0.717, 1.165) is 25.0 Å². The monoisotopic (exact) mass is 292 g/mol. The van der Waals surface area contributed by atoms with Gasteiger partial charge in [0.1, 0.15) is 0 Å². The molecule has 0 aliphatic heterocycles. The van der Waals surface area contributed by atoms with E-state index in [0.29, 0.717) is 0 Å². The highest BCUT2D eigenvalue weighted by Crippen LogP contribution is 2.30. The fourth-order valence-corrected chi connectivity index (χ4v) is 2.81. The Balaban J connectivity index is 2.51. The van der Waals surface area contributed by atoms with Crippen LogP contribution in [0, 0.1) is 11.8 Å². The van der Waals surface area contributed by atoms with E-state index in [-0.39, 0.29) is 0 Å². The zero-order chi connectivity index (χ0) is 15.1. The lowest BCUT2D eigenvalue weighted by molar-refractivity contribution is 0.772. The van der Waals surface area contributed by atoms with Crippen molar-refractivity contribution < 1.29 is 0 Å². The lowest BCUT2D eigenvalue weighted by Crippen LogP contribution is -2.17. The van der Waals surface area contributed by atoms with Gasteiger partial charge in [0.2, 0.25) is 0 Å². The number of hydrogen-bond acceptors (Lipinski definition) is 2. The van der Waals surface area contributed by atoms with Crippen LogP contribution in [0.5, 0.6) is 0 Å². The van der Waals surface area contributed by atoms with E-state index in [1.165, 1.54) is 0 Å². The Hall–Kier alpha value is -2.23. The minimum atomic E-state index is -0.406. The van der Waals surface area contributed by atoms with Crippen LogP contribution in [-0.4, -0.2) is 9.97 Å². The first kappa shape index (κ1) is 15.2. The lowest BCUT2D eigenvalue weighted by atomic mass is 9.91.